The topological polar surface area (TPSA) is 29.5 Å². The quantitative estimate of drug-likeness (QED) is 0.654. The maximum absolute atomic E-state index is 9.29. The summed E-state index contributed by atoms with van der Waals surface area (Å²) in [5.41, 5.74) is 0. The second-order valence-corrected chi connectivity index (χ2v) is 3.90. The van der Waals surface area contributed by atoms with Crippen molar-refractivity contribution in [2.24, 2.45) is 0 Å². The summed E-state index contributed by atoms with van der Waals surface area (Å²) in [5, 5.41) is 9.29. The molecule has 1 aliphatic heterocycles. The Bertz CT molecular complexity index is 106. The van der Waals surface area contributed by atoms with Crippen molar-refractivity contribution < 1.29 is 9.84 Å². The monoisotopic (exact) mass is 162 g/mol. The SMILES string of the molecule is CC(C)OC1CSCC1O. The van der Waals surface area contributed by atoms with Crippen LogP contribution in [0, 0.1) is 0 Å². The van der Waals surface area contributed by atoms with E-state index in [9.17, 15) is 5.11 Å². The number of hydrogen-bond donors (Lipinski definition) is 1. The minimum Gasteiger partial charge on any atom is -0.390 e. The second-order valence-electron chi connectivity index (χ2n) is 2.83. The molecule has 2 atom stereocenters. The summed E-state index contributed by atoms with van der Waals surface area (Å²) < 4.78 is 5.45. The number of rotatable bonds is 2. The van der Waals surface area contributed by atoms with E-state index in [0.717, 1.165) is 11.5 Å². The summed E-state index contributed by atoms with van der Waals surface area (Å²) in [4.78, 5) is 0. The Morgan fingerprint density at radius 3 is 2.60 bits per heavy atom. The van der Waals surface area contributed by atoms with Crippen LogP contribution in [-0.2, 0) is 4.74 Å². The van der Waals surface area contributed by atoms with Crippen molar-refractivity contribution in [2.45, 2.75) is 32.2 Å². The first kappa shape index (κ1) is 8.37. The van der Waals surface area contributed by atoms with E-state index in [-0.39, 0.29) is 18.3 Å². The largest absolute Gasteiger partial charge is 0.390 e. The normalized spacial score (nSPS) is 33.6. The zero-order chi connectivity index (χ0) is 7.56. The van der Waals surface area contributed by atoms with E-state index in [2.05, 4.69) is 0 Å². The molecule has 1 saturated heterocycles. The maximum atomic E-state index is 9.29. The molecule has 0 radical (unpaired) electrons. The number of thioether (sulfide) groups is 1. The van der Waals surface area contributed by atoms with Crippen molar-refractivity contribution >= 4 is 11.8 Å². The van der Waals surface area contributed by atoms with Gasteiger partial charge in [-0.05, 0) is 13.8 Å². The molecule has 10 heavy (non-hydrogen) atoms. The fourth-order valence-corrected chi connectivity index (χ4v) is 2.13. The fraction of sp³-hybridized carbons (Fsp3) is 1.00. The first-order valence-electron chi connectivity index (χ1n) is 3.61. The van der Waals surface area contributed by atoms with Gasteiger partial charge in [0.2, 0.25) is 0 Å². The molecule has 1 heterocycles. The summed E-state index contributed by atoms with van der Waals surface area (Å²) in [6, 6.07) is 0. The molecule has 1 N–H and O–H groups in total. The number of aliphatic hydroxyl groups is 1. The van der Waals surface area contributed by atoms with E-state index in [1.807, 2.05) is 13.8 Å². The van der Waals surface area contributed by atoms with Crippen LogP contribution in [0.1, 0.15) is 13.8 Å². The van der Waals surface area contributed by atoms with Crippen LogP contribution in [0.15, 0.2) is 0 Å². The molecule has 60 valence electrons. The van der Waals surface area contributed by atoms with Gasteiger partial charge in [-0.15, -0.1) is 0 Å². The van der Waals surface area contributed by atoms with Crippen LogP contribution in [0.3, 0.4) is 0 Å². The Balaban J connectivity index is 2.26. The van der Waals surface area contributed by atoms with Gasteiger partial charge in [0, 0.05) is 11.5 Å². The van der Waals surface area contributed by atoms with Crippen molar-refractivity contribution in [1.82, 2.24) is 0 Å². The highest BCUT2D eigenvalue weighted by Gasteiger charge is 2.26. The van der Waals surface area contributed by atoms with Crippen molar-refractivity contribution in [3.63, 3.8) is 0 Å². The van der Waals surface area contributed by atoms with Gasteiger partial charge >= 0.3 is 0 Å². The molecule has 0 aromatic heterocycles. The minimum atomic E-state index is -0.243. The van der Waals surface area contributed by atoms with Gasteiger partial charge in [-0.25, -0.2) is 0 Å². The Labute approximate surface area is 66.0 Å². The van der Waals surface area contributed by atoms with E-state index in [1.54, 1.807) is 11.8 Å². The molecule has 3 heteroatoms. The van der Waals surface area contributed by atoms with Crippen molar-refractivity contribution in [3.8, 4) is 0 Å². The summed E-state index contributed by atoms with van der Waals surface area (Å²) >= 11 is 1.76. The molecule has 2 unspecified atom stereocenters. The molecular weight excluding hydrogens is 148 g/mol. The Morgan fingerprint density at radius 1 is 1.50 bits per heavy atom. The molecule has 1 fully saturated rings. The number of hydrogen-bond acceptors (Lipinski definition) is 3. The van der Waals surface area contributed by atoms with Gasteiger partial charge in [0.15, 0.2) is 0 Å². The van der Waals surface area contributed by atoms with Gasteiger partial charge in [-0.2, -0.15) is 11.8 Å². The summed E-state index contributed by atoms with van der Waals surface area (Å²) in [7, 11) is 0. The highest BCUT2D eigenvalue weighted by atomic mass is 32.2. The van der Waals surface area contributed by atoms with Crippen LogP contribution in [0.2, 0.25) is 0 Å². The number of aliphatic hydroxyl groups excluding tert-OH is 1. The van der Waals surface area contributed by atoms with Gasteiger partial charge in [0.25, 0.3) is 0 Å². The zero-order valence-electron chi connectivity index (χ0n) is 6.41. The Hall–Kier alpha value is 0.270. The molecule has 0 spiro atoms. The smallest absolute Gasteiger partial charge is 0.0935 e. The summed E-state index contributed by atoms with van der Waals surface area (Å²) in [5.74, 6) is 1.77. The van der Waals surface area contributed by atoms with Gasteiger partial charge in [-0.1, -0.05) is 0 Å². The molecule has 1 rings (SSSR count). The van der Waals surface area contributed by atoms with Crippen LogP contribution >= 0.6 is 11.8 Å². The van der Waals surface area contributed by atoms with Crippen molar-refractivity contribution in [3.05, 3.63) is 0 Å². The molecule has 0 aromatic rings. The molecule has 0 saturated carbocycles. The third-order valence-electron chi connectivity index (χ3n) is 1.45. The van der Waals surface area contributed by atoms with Crippen LogP contribution in [0.5, 0.6) is 0 Å². The lowest BCUT2D eigenvalue weighted by Gasteiger charge is -2.17. The van der Waals surface area contributed by atoms with Crippen LogP contribution < -0.4 is 0 Å². The van der Waals surface area contributed by atoms with E-state index in [1.165, 1.54) is 0 Å². The van der Waals surface area contributed by atoms with Crippen molar-refractivity contribution in [2.75, 3.05) is 11.5 Å². The van der Waals surface area contributed by atoms with Gasteiger partial charge in [0.1, 0.15) is 0 Å². The lowest BCUT2D eigenvalue weighted by Crippen LogP contribution is -2.29. The first-order chi connectivity index (χ1) is 4.70. The van der Waals surface area contributed by atoms with Crippen molar-refractivity contribution in [1.29, 1.82) is 0 Å². The van der Waals surface area contributed by atoms with Crippen LogP contribution in [0.25, 0.3) is 0 Å². The van der Waals surface area contributed by atoms with Gasteiger partial charge in [-0.3, -0.25) is 0 Å². The zero-order valence-corrected chi connectivity index (χ0v) is 7.23. The third-order valence-corrected chi connectivity index (χ3v) is 2.59. The fourth-order valence-electron chi connectivity index (χ4n) is 1.00. The number of ether oxygens (including phenoxy) is 1. The third kappa shape index (κ3) is 2.15. The lowest BCUT2D eigenvalue weighted by atomic mass is 10.2. The second kappa shape index (κ2) is 3.60. The lowest BCUT2D eigenvalue weighted by molar-refractivity contribution is -0.0383. The summed E-state index contributed by atoms with van der Waals surface area (Å²) in [6.07, 6.45) is 0.0655. The molecule has 0 aliphatic carbocycles. The Morgan fingerprint density at radius 2 is 2.20 bits per heavy atom. The molecule has 2 nitrogen and oxygen atoms in total. The highest BCUT2D eigenvalue weighted by molar-refractivity contribution is 7.99. The molecule has 0 amide bonds. The standard InChI is InChI=1S/C7H14O2S/c1-5(2)9-7-4-10-3-6(7)8/h5-8H,3-4H2,1-2H3. The molecule has 0 bridgehead atoms. The predicted molar refractivity (Wildman–Crippen MR) is 43.3 cm³/mol. The predicted octanol–water partition coefficient (Wildman–Crippen LogP) is 0.888. The average Bonchev–Trinajstić information content (AvgIpc) is 2.15. The van der Waals surface area contributed by atoms with E-state index < -0.39 is 0 Å². The minimum absolute atomic E-state index is 0.0741. The summed E-state index contributed by atoms with van der Waals surface area (Å²) in [6.45, 7) is 3.99. The first-order valence-corrected chi connectivity index (χ1v) is 4.77. The highest BCUT2D eigenvalue weighted by Crippen LogP contribution is 2.21. The molecule has 1 aliphatic rings. The van der Waals surface area contributed by atoms with Crippen LogP contribution in [-0.4, -0.2) is 34.9 Å². The van der Waals surface area contributed by atoms with Crippen LogP contribution in [0.4, 0.5) is 0 Å². The van der Waals surface area contributed by atoms with E-state index >= 15 is 0 Å². The van der Waals surface area contributed by atoms with E-state index in [4.69, 9.17) is 4.74 Å². The maximum Gasteiger partial charge on any atom is 0.0935 e. The van der Waals surface area contributed by atoms with E-state index in [0.29, 0.717) is 0 Å². The molecular formula is C7H14O2S. The molecule has 0 aromatic carbocycles. The Kier molecular flexibility index (Phi) is 3.01. The average molecular weight is 162 g/mol. The van der Waals surface area contributed by atoms with Gasteiger partial charge in [0.05, 0.1) is 18.3 Å². The van der Waals surface area contributed by atoms with Gasteiger partial charge < -0.3 is 9.84 Å².